The van der Waals surface area contributed by atoms with Crippen LogP contribution < -0.4 is 5.32 Å². The van der Waals surface area contributed by atoms with Crippen LogP contribution in [0.1, 0.15) is 33.5 Å². The molecular weight excluding hydrogens is 378 g/mol. The van der Waals surface area contributed by atoms with Crippen LogP contribution in [0.3, 0.4) is 0 Å². The largest absolute Gasteiger partial charge is 0.347 e. The summed E-state index contributed by atoms with van der Waals surface area (Å²) in [6.45, 7) is 7.48. The van der Waals surface area contributed by atoms with Crippen molar-refractivity contribution in [1.29, 1.82) is 0 Å². The Morgan fingerprint density at radius 3 is 2.52 bits per heavy atom. The van der Waals surface area contributed by atoms with Gasteiger partial charge in [-0.1, -0.05) is 12.1 Å². The van der Waals surface area contributed by atoms with Crippen LogP contribution in [0.2, 0.25) is 0 Å². The van der Waals surface area contributed by atoms with E-state index in [-0.39, 0.29) is 12.5 Å². The van der Waals surface area contributed by atoms with Crippen molar-refractivity contribution in [2.24, 2.45) is 0 Å². The maximum absolute atomic E-state index is 13.0. The Hall–Kier alpha value is -2.04. The highest BCUT2D eigenvalue weighted by Gasteiger charge is 2.62. The van der Waals surface area contributed by atoms with Gasteiger partial charge in [-0.15, -0.1) is 0 Å². The quantitative estimate of drug-likeness (QED) is 0.802. The molecule has 1 aromatic carbocycles. The fourth-order valence-electron chi connectivity index (χ4n) is 4.18. The molecule has 5 atom stereocenters. The number of H-pyrrole nitrogens is 1. The second-order valence-corrected chi connectivity index (χ2v) is 8.51. The van der Waals surface area contributed by atoms with Crippen LogP contribution in [-0.4, -0.2) is 58.2 Å². The molecule has 3 aliphatic rings. The molecule has 9 nitrogen and oxygen atoms in total. The zero-order chi connectivity index (χ0) is 20.4. The summed E-state index contributed by atoms with van der Waals surface area (Å²) in [6, 6.07) is 7.70. The normalized spacial score (nSPS) is 34.7. The van der Waals surface area contributed by atoms with Gasteiger partial charge in [0.25, 0.3) is 5.91 Å². The second-order valence-electron chi connectivity index (χ2n) is 8.51. The zero-order valence-corrected chi connectivity index (χ0v) is 16.8. The van der Waals surface area contributed by atoms with Gasteiger partial charge in [-0.05, 0) is 39.8 Å². The second kappa shape index (κ2) is 6.48. The van der Waals surface area contributed by atoms with Gasteiger partial charge in [0.15, 0.2) is 24.0 Å². The van der Waals surface area contributed by atoms with Crippen molar-refractivity contribution in [3.8, 4) is 0 Å². The lowest BCUT2D eigenvalue weighted by Gasteiger charge is -2.36. The van der Waals surface area contributed by atoms with Crippen LogP contribution in [-0.2, 0) is 35.0 Å². The molecule has 3 fully saturated rings. The number of nitrogens with zero attached hydrogens (tertiary/aromatic N) is 1. The molecule has 0 spiro atoms. The number of aromatic nitrogens is 2. The first-order valence-corrected chi connectivity index (χ1v) is 9.79. The Morgan fingerprint density at radius 2 is 1.72 bits per heavy atom. The summed E-state index contributed by atoms with van der Waals surface area (Å²) in [4.78, 5) is 20.7. The minimum absolute atomic E-state index is 0.242. The number of benzene rings is 1. The van der Waals surface area contributed by atoms with Crippen molar-refractivity contribution in [3.63, 3.8) is 0 Å². The molecule has 3 saturated heterocycles. The van der Waals surface area contributed by atoms with E-state index in [1.807, 2.05) is 38.1 Å². The summed E-state index contributed by atoms with van der Waals surface area (Å²) in [5, 5.41) is 2.88. The predicted molar refractivity (Wildman–Crippen MR) is 100 cm³/mol. The van der Waals surface area contributed by atoms with E-state index in [1.165, 1.54) is 0 Å². The van der Waals surface area contributed by atoms with Crippen molar-refractivity contribution >= 4 is 16.9 Å². The lowest BCUT2D eigenvalue weighted by molar-refractivity contribution is -0.231. The van der Waals surface area contributed by atoms with Gasteiger partial charge in [0.05, 0.1) is 17.6 Å². The molecule has 2 aromatic rings. The topological polar surface area (TPSA) is 104 Å². The Balaban J connectivity index is 1.33. The first-order chi connectivity index (χ1) is 13.7. The Morgan fingerprint density at radius 1 is 1.03 bits per heavy atom. The summed E-state index contributed by atoms with van der Waals surface area (Å²) in [7, 11) is 0. The fraction of sp³-hybridized carbons (Fsp3) is 0.600. The van der Waals surface area contributed by atoms with E-state index >= 15 is 0 Å². The molecule has 0 aliphatic carbocycles. The van der Waals surface area contributed by atoms with Crippen molar-refractivity contribution in [1.82, 2.24) is 15.3 Å². The molecule has 1 amide bonds. The number of nitrogens with one attached hydrogen (secondary N) is 2. The van der Waals surface area contributed by atoms with E-state index in [4.69, 9.17) is 23.7 Å². The van der Waals surface area contributed by atoms with Crippen molar-refractivity contribution in [2.75, 3.05) is 0 Å². The van der Waals surface area contributed by atoms with Crippen molar-refractivity contribution in [3.05, 3.63) is 30.1 Å². The Kier molecular flexibility index (Phi) is 4.24. The monoisotopic (exact) mass is 403 g/mol. The molecule has 0 radical (unpaired) electrons. The molecule has 5 rings (SSSR count). The van der Waals surface area contributed by atoms with Gasteiger partial charge >= 0.3 is 0 Å². The molecule has 2 N–H and O–H groups in total. The first kappa shape index (κ1) is 19.0. The summed E-state index contributed by atoms with van der Waals surface area (Å²) >= 11 is 0. The maximum atomic E-state index is 13.0. The fourth-order valence-corrected chi connectivity index (χ4v) is 4.18. The number of hydrogen-bond acceptors (Lipinski definition) is 7. The third-order valence-electron chi connectivity index (χ3n) is 5.28. The lowest BCUT2D eigenvalue weighted by atomic mass is 9.98. The number of para-hydroxylation sites is 2. The third kappa shape index (κ3) is 3.43. The summed E-state index contributed by atoms with van der Waals surface area (Å²) < 4.78 is 29.8. The molecule has 0 bridgehead atoms. The predicted octanol–water partition coefficient (Wildman–Crippen LogP) is 1.58. The lowest BCUT2D eigenvalue weighted by Crippen LogP contribution is -2.59. The van der Waals surface area contributed by atoms with Gasteiger partial charge in [0, 0.05) is 0 Å². The highest BCUT2D eigenvalue weighted by atomic mass is 16.9. The summed E-state index contributed by atoms with van der Waals surface area (Å²) in [6.07, 6.45) is -3.11. The summed E-state index contributed by atoms with van der Waals surface area (Å²) in [5.74, 6) is -1.32. The molecule has 29 heavy (non-hydrogen) atoms. The standard InChI is InChI=1S/C20H25N3O6/c1-19(2)26-13-14(27-19)16-18(29-20(3,4)28-16)25-15(13)17(24)21-9-12-22-10-7-5-6-8-11(10)23-12/h5-8,13-16,18H,9H2,1-4H3,(H,21,24)(H,22,23)/t13-,14-,15+,16+,18+/m1/s1. The van der Waals surface area contributed by atoms with Crippen LogP contribution in [0.4, 0.5) is 0 Å². The maximum Gasteiger partial charge on any atom is 0.252 e. The van der Waals surface area contributed by atoms with Gasteiger partial charge in [-0.2, -0.15) is 0 Å². The number of aromatic amines is 1. The molecule has 3 aliphatic heterocycles. The highest BCUT2D eigenvalue weighted by molar-refractivity contribution is 5.82. The zero-order valence-electron chi connectivity index (χ0n) is 16.8. The van der Waals surface area contributed by atoms with Crippen LogP contribution in [0.25, 0.3) is 11.0 Å². The van der Waals surface area contributed by atoms with Gasteiger partial charge < -0.3 is 34.0 Å². The third-order valence-corrected chi connectivity index (χ3v) is 5.28. The highest BCUT2D eigenvalue weighted by Crippen LogP contribution is 2.44. The smallest absolute Gasteiger partial charge is 0.252 e. The number of amides is 1. The molecule has 156 valence electrons. The molecule has 4 heterocycles. The van der Waals surface area contributed by atoms with Gasteiger partial charge in [-0.3, -0.25) is 4.79 Å². The Labute approximate surface area is 168 Å². The molecular formula is C20H25N3O6. The SMILES string of the molecule is CC1(C)O[C@@H]2O[C@H](C(=O)NCc3nc4ccccc4[nH]3)[C@@H]3OC(C)(C)O[C@H]3[C@@H]2O1. The van der Waals surface area contributed by atoms with Gasteiger partial charge in [0.2, 0.25) is 0 Å². The van der Waals surface area contributed by atoms with Gasteiger partial charge in [0.1, 0.15) is 24.1 Å². The number of fused-ring (bicyclic) bond motifs is 4. The molecule has 0 saturated carbocycles. The molecule has 9 heteroatoms. The van der Waals surface area contributed by atoms with Gasteiger partial charge in [-0.25, -0.2) is 4.98 Å². The number of carbonyl (C=O) groups excluding carboxylic acids is 1. The number of rotatable bonds is 3. The minimum Gasteiger partial charge on any atom is -0.347 e. The number of carbonyl (C=O) groups is 1. The van der Waals surface area contributed by atoms with E-state index in [0.29, 0.717) is 5.82 Å². The Bertz CT molecular complexity index is 908. The van der Waals surface area contributed by atoms with E-state index < -0.39 is 42.3 Å². The number of imidazole rings is 1. The van der Waals surface area contributed by atoms with Crippen molar-refractivity contribution in [2.45, 2.75) is 76.5 Å². The molecule has 1 aromatic heterocycles. The minimum atomic E-state index is -0.884. The average molecular weight is 403 g/mol. The van der Waals surface area contributed by atoms with E-state index in [0.717, 1.165) is 11.0 Å². The van der Waals surface area contributed by atoms with E-state index in [2.05, 4.69) is 15.3 Å². The average Bonchev–Trinajstić information content (AvgIpc) is 3.29. The van der Waals surface area contributed by atoms with Crippen molar-refractivity contribution < 1.29 is 28.5 Å². The molecule has 0 unspecified atom stereocenters. The summed E-state index contributed by atoms with van der Waals surface area (Å²) in [5.41, 5.74) is 1.77. The van der Waals surface area contributed by atoms with E-state index in [1.54, 1.807) is 13.8 Å². The number of hydrogen-bond donors (Lipinski definition) is 2. The van der Waals surface area contributed by atoms with Crippen LogP contribution >= 0.6 is 0 Å². The first-order valence-electron chi connectivity index (χ1n) is 9.79. The van der Waals surface area contributed by atoms with E-state index in [9.17, 15) is 4.79 Å². The van der Waals surface area contributed by atoms with Crippen LogP contribution in [0.5, 0.6) is 0 Å². The number of ether oxygens (including phenoxy) is 5. The van der Waals surface area contributed by atoms with Crippen LogP contribution in [0.15, 0.2) is 24.3 Å². The van der Waals surface area contributed by atoms with Crippen LogP contribution in [0, 0.1) is 0 Å².